The molecular formula is C19H36N2O2. The molecule has 23 heavy (non-hydrogen) atoms. The molecule has 2 atom stereocenters. The van der Waals surface area contributed by atoms with Crippen LogP contribution in [0.1, 0.15) is 79.1 Å². The summed E-state index contributed by atoms with van der Waals surface area (Å²) < 4.78 is 5.45. The number of hydrogen-bond acceptors (Lipinski definition) is 3. The fourth-order valence-electron chi connectivity index (χ4n) is 4.18. The highest BCUT2D eigenvalue weighted by molar-refractivity contribution is 5.68. The van der Waals surface area contributed by atoms with E-state index in [9.17, 15) is 4.79 Å². The third-order valence-electron chi connectivity index (χ3n) is 5.07. The van der Waals surface area contributed by atoms with Gasteiger partial charge in [0.1, 0.15) is 5.60 Å². The van der Waals surface area contributed by atoms with Gasteiger partial charge in [0, 0.05) is 25.2 Å². The van der Waals surface area contributed by atoms with E-state index in [1.54, 1.807) is 0 Å². The van der Waals surface area contributed by atoms with Crippen LogP contribution in [0.5, 0.6) is 0 Å². The fraction of sp³-hybridized carbons (Fsp3) is 0.947. The lowest BCUT2D eigenvalue weighted by atomic mass is 9.86. The molecule has 2 unspecified atom stereocenters. The number of likely N-dealkylation sites (tertiary alicyclic amines) is 1. The van der Waals surface area contributed by atoms with E-state index in [-0.39, 0.29) is 12.1 Å². The van der Waals surface area contributed by atoms with Crippen molar-refractivity contribution < 1.29 is 9.53 Å². The Balaban J connectivity index is 1.93. The highest BCUT2D eigenvalue weighted by atomic mass is 16.6. The average molecular weight is 325 g/mol. The first-order valence-corrected chi connectivity index (χ1v) is 9.61. The maximum atomic E-state index is 12.1. The number of hydrogen-bond donors (Lipinski definition) is 1. The molecule has 2 rings (SSSR count). The van der Waals surface area contributed by atoms with E-state index in [0.717, 1.165) is 19.0 Å². The molecule has 2 fully saturated rings. The SMILES string of the molecule is CCCC1CC(NC(=O)OC(C)(C)C)CN(C2CCCCC2)C1. The van der Waals surface area contributed by atoms with Crippen LogP contribution in [0.25, 0.3) is 0 Å². The predicted octanol–water partition coefficient (Wildman–Crippen LogP) is 4.33. The number of ether oxygens (including phenoxy) is 1. The number of piperidine rings is 1. The van der Waals surface area contributed by atoms with Gasteiger partial charge in [-0.05, 0) is 52.4 Å². The molecule has 0 bridgehead atoms. The highest BCUT2D eigenvalue weighted by Crippen LogP contribution is 2.29. The number of rotatable bonds is 4. The standard InChI is InChI=1S/C19H36N2O2/c1-5-9-15-12-16(20-18(22)23-19(2,3)4)14-21(13-15)17-10-7-6-8-11-17/h15-17H,5-14H2,1-4H3,(H,20,22). The summed E-state index contributed by atoms with van der Waals surface area (Å²) in [6, 6.07) is 0.961. The Labute approximate surface area is 142 Å². The van der Waals surface area contributed by atoms with Crippen LogP contribution in [-0.4, -0.2) is 41.8 Å². The summed E-state index contributed by atoms with van der Waals surface area (Å²) in [7, 11) is 0. The van der Waals surface area contributed by atoms with Crippen molar-refractivity contribution in [2.75, 3.05) is 13.1 Å². The van der Waals surface area contributed by atoms with Crippen molar-refractivity contribution in [1.29, 1.82) is 0 Å². The lowest BCUT2D eigenvalue weighted by Crippen LogP contribution is -2.54. The van der Waals surface area contributed by atoms with Crippen LogP contribution >= 0.6 is 0 Å². The summed E-state index contributed by atoms with van der Waals surface area (Å²) in [6.07, 6.45) is 10.1. The molecule has 1 aliphatic carbocycles. The summed E-state index contributed by atoms with van der Waals surface area (Å²) in [5, 5.41) is 3.13. The largest absolute Gasteiger partial charge is 0.444 e. The van der Waals surface area contributed by atoms with E-state index >= 15 is 0 Å². The van der Waals surface area contributed by atoms with E-state index in [1.165, 1.54) is 51.5 Å². The first-order valence-electron chi connectivity index (χ1n) is 9.61. The molecule has 2 aliphatic rings. The van der Waals surface area contributed by atoms with E-state index in [0.29, 0.717) is 5.92 Å². The van der Waals surface area contributed by atoms with Crippen molar-refractivity contribution in [3.05, 3.63) is 0 Å². The van der Waals surface area contributed by atoms with Crippen LogP contribution in [0.3, 0.4) is 0 Å². The second kappa shape index (κ2) is 8.36. The van der Waals surface area contributed by atoms with Crippen LogP contribution in [0.15, 0.2) is 0 Å². The minimum atomic E-state index is -0.426. The normalized spacial score (nSPS) is 27.7. The summed E-state index contributed by atoms with van der Waals surface area (Å²) in [5.41, 5.74) is -0.426. The van der Waals surface area contributed by atoms with E-state index in [2.05, 4.69) is 17.1 Å². The molecule has 134 valence electrons. The molecule has 1 amide bonds. The lowest BCUT2D eigenvalue weighted by Gasteiger charge is -2.43. The second-order valence-corrected chi connectivity index (χ2v) is 8.48. The van der Waals surface area contributed by atoms with Gasteiger partial charge in [-0.25, -0.2) is 4.79 Å². The Morgan fingerprint density at radius 3 is 2.48 bits per heavy atom. The zero-order valence-corrected chi connectivity index (χ0v) is 15.6. The highest BCUT2D eigenvalue weighted by Gasteiger charge is 2.32. The quantitative estimate of drug-likeness (QED) is 0.836. The molecule has 4 nitrogen and oxygen atoms in total. The second-order valence-electron chi connectivity index (χ2n) is 8.48. The van der Waals surface area contributed by atoms with Gasteiger partial charge in [-0.15, -0.1) is 0 Å². The number of nitrogens with zero attached hydrogens (tertiary/aromatic N) is 1. The van der Waals surface area contributed by atoms with Gasteiger partial charge in [0.15, 0.2) is 0 Å². The van der Waals surface area contributed by atoms with Crippen molar-refractivity contribution in [3.8, 4) is 0 Å². The minimum Gasteiger partial charge on any atom is -0.444 e. The van der Waals surface area contributed by atoms with Gasteiger partial charge in [-0.3, -0.25) is 4.90 Å². The van der Waals surface area contributed by atoms with Crippen molar-refractivity contribution in [3.63, 3.8) is 0 Å². The Kier molecular flexibility index (Phi) is 6.75. The van der Waals surface area contributed by atoms with Gasteiger partial charge < -0.3 is 10.1 Å². The zero-order valence-electron chi connectivity index (χ0n) is 15.6. The van der Waals surface area contributed by atoms with Crippen LogP contribution in [-0.2, 0) is 4.74 Å². The smallest absolute Gasteiger partial charge is 0.407 e. The topological polar surface area (TPSA) is 41.6 Å². The molecule has 1 heterocycles. The summed E-state index contributed by atoms with van der Waals surface area (Å²) in [6.45, 7) is 10.2. The van der Waals surface area contributed by atoms with Gasteiger partial charge in [0.05, 0.1) is 0 Å². The number of carbonyl (C=O) groups excluding carboxylic acids is 1. The maximum absolute atomic E-state index is 12.1. The molecule has 0 radical (unpaired) electrons. The van der Waals surface area contributed by atoms with Gasteiger partial charge in [-0.2, -0.15) is 0 Å². The molecule has 0 aromatic rings. The molecule has 1 saturated heterocycles. The van der Waals surface area contributed by atoms with E-state index in [1.807, 2.05) is 20.8 Å². The van der Waals surface area contributed by atoms with Crippen LogP contribution in [0.4, 0.5) is 4.79 Å². The molecular weight excluding hydrogens is 288 g/mol. The molecule has 1 N–H and O–H groups in total. The molecule has 0 aromatic heterocycles. The predicted molar refractivity (Wildman–Crippen MR) is 94.6 cm³/mol. The molecule has 4 heteroatoms. The average Bonchev–Trinajstić information content (AvgIpc) is 2.46. The van der Waals surface area contributed by atoms with E-state index < -0.39 is 5.60 Å². The Hall–Kier alpha value is -0.770. The third-order valence-corrected chi connectivity index (χ3v) is 5.07. The fourth-order valence-corrected chi connectivity index (χ4v) is 4.18. The summed E-state index contributed by atoms with van der Waals surface area (Å²) >= 11 is 0. The first kappa shape index (κ1) is 18.6. The zero-order chi connectivity index (χ0) is 16.9. The third kappa shape index (κ3) is 6.33. The first-order chi connectivity index (χ1) is 10.9. The summed E-state index contributed by atoms with van der Waals surface area (Å²) in [5.74, 6) is 0.704. The van der Waals surface area contributed by atoms with Gasteiger partial charge in [-0.1, -0.05) is 32.6 Å². The van der Waals surface area contributed by atoms with Gasteiger partial charge >= 0.3 is 6.09 Å². The Morgan fingerprint density at radius 1 is 1.17 bits per heavy atom. The van der Waals surface area contributed by atoms with Crippen LogP contribution < -0.4 is 5.32 Å². The molecule has 1 aliphatic heterocycles. The van der Waals surface area contributed by atoms with Crippen molar-refractivity contribution in [1.82, 2.24) is 10.2 Å². The number of amides is 1. The Morgan fingerprint density at radius 2 is 1.87 bits per heavy atom. The minimum absolute atomic E-state index is 0.233. The van der Waals surface area contributed by atoms with Crippen molar-refractivity contribution in [2.45, 2.75) is 96.7 Å². The maximum Gasteiger partial charge on any atom is 0.407 e. The Bertz CT molecular complexity index is 372. The van der Waals surface area contributed by atoms with Crippen LogP contribution in [0, 0.1) is 5.92 Å². The molecule has 0 spiro atoms. The van der Waals surface area contributed by atoms with Gasteiger partial charge in [0.2, 0.25) is 0 Å². The monoisotopic (exact) mass is 324 g/mol. The van der Waals surface area contributed by atoms with Crippen LogP contribution in [0.2, 0.25) is 0 Å². The van der Waals surface area contributed by atoms with E-state index in [4.69, 9.17) is 4.74 Å². The molecule has 0 aromatic carbocycles. The molecule has 1 saturated carbocycles. The van der Waals surface area contributed by atoms with Crippen molar-refractivity contribution in [2.24, 2.45) is 5.92 Å². The van der Waals surface area contributed by atoms with Crippen molar-refractivity contribution >= 4 is 6.09 Å². The summed E-state index contributed by atoms with van der Waals surface area (Å²) in [4.78, 5) is 14.8. The lowest BCUT2D eigenvalue weighted by molar-refractivity contribution is 0.0378. The van der Waals surface area contributed by atoms with Gasteiger partial charge in [0.25, 0.3) is 0 Å². The number of nitrogens with one attached hydrogen (secondary N) is 1. The number of alkyl carbamates (subject to hydrolysis) is 1. The number of carbonyl (C=O) groups is 1.